The number of hydrogen-bond donors (Lipinski definition) is 1. The third-order valence-electron chi connectivity index (χ3n) is 1.78. The van der Waals surface area contributed by atoms with Gasteiger partial charge in [-0.25, -0.2) is 0 Å². The number of hydrogen-bond acceptors (Lipinski definition) is 3. The van der Waals surface area contributed by atoms with Gasteiger partial charge in [0.1, 0.15) is 0 Å². The summed E-state index contributed by atoms with van der Waals surface area (Å²) in [5.74, 6) is -0.867. The molecule has 1 heterocycles. The molecule has 0 unspecified atom stereocenters. The second-order valence-corrected chi connectivity index (χ2v) is 2.99. The summed E-state index contributed by atoms with van der Waals surface area (Å²) in [7, 11) is 0. The standard InChI is InChI=1S/C9H7F3N2O2/c1-5-4-14-6(2-3-13)8(7(5)15)16-9(10,11)12/h4H,2H2,1H3,(H,14,15). The highest BCUT2D eigenvalue weighted by Gasteiger charge is 2.33. The van der Waals surface area contributed by atoms with Crippen molar-refractivity contribution in [3.63, 3.8) is 0 Å². The Kier molecular flexibility index (Phi) is 3.22. The molecule has 1 aromatic heterocycles. The van der Waals surface area contributed by atoms with E-state index in [-0.39, 0.29) is 17.7 Å². The number of H-pyrrole nitrogens is 1. The van der Waals surface area contributed by atoms with Gasteiger partial charge in [0.05, 0.1) is 18.2 Å². The molecule has 1 N–H and O–H groups in total. The van der Waals surface area contributed by atoms with Crippen LogP contribution in [0, 0.1) is 18.3 Å². The van der Waals surface area contributed by atoms with Crippen LogP contribution in [0.2, 0.25) is 0 Å². The SMILES string of the molecule is Cc1c[nH]c(CC#N)c(OC(F)(F)F)c1=O. The minimum atomic E-state index is -4.95. The summed E-state index contributed by atoms with van der Waals surface area (Å²) in [6.45, 7) is 1.35. The lowest BCUT2D eigenvalue weighted by atomic mass is 10.2. The molecule has 1 rings (SSSR count). The highest BCUT2D eigenvalue weighted by molar-refractivity contribution is 5.33. The molecule has 0 amide bonds. The number of halogens is 3. The number of pyridine rings is 1. The van der Waals surface area contributed by atoms with Crippen LogP contribution in [0.5, 0.6) is 5.75 Å². The number of aryl methyl sites for hydroxylation is 1. The molecule has 0 aliphatic carbocycles. The average Bonchev–Trinajstić information content (AvgIpc) is 2.16. The molecule has 0 aliphatic heterocycles. The van der Waals surface area contributed by atoms with Gasteiger partial charge in [-0.2, -0.15) is 5.26 Å². The van der Waals surface area contributed by atoms with Crippen molar-refractivity contribution in [3.05, 3.63) is 27.7 Å². The molecule has 0 atom stereocenters. The van der Waals surface area contributed by atoms with Crippen LogP contribution in [0.3, 0.4) is 0 Å². The first-order valence-electron chi connectivity index (χ1n) is 4.19. The van der Waals surface area contributed by atoms with Crippen LogP contribution in [-0.4, -0.2) is 11.3 Å². The lowest BCUT2D eigenvalue weighted by Crippen LogP contribution is -2.24. The maximum Gasteiger partial charge on any atom is 0.573 e. The number of aromatic nitrogens is 1. The summed E-state index contributed by atoms with van der Waals surface area (Å²) in [5.41, 5.74) is -0.974. The van der Waals surface area contributed by atoms with Crippen LogP contribution < -0.4 is 10.2 Å². The van der Waals surface area contributed by atoms with Gasteiger partial charge in [0.2, 0.25) is 5.43 Å². The van der Waals surface area contributed by atoms with Crippen molar-refractivity contribution in [2.75, 3.05) is 0 Å². The summed E-state index contributed by atoms with van der Waals surface area (Å²) in [4.78, 5) is 13.8. The van der Waals surface area contributed by atoms with Crippen molar-refractivity contribution in [1.29, 1.82) is 5.26 Å². The Morgan fingerprint density at radius 3 is 2.69 bits per heavy atom. The third-order valence-corrected chi connectivity index (χ3v) is 1.78. The predicted molar refractivity (Wildman–Crippen MR) is 47.8 cm³/mol. The van der Waals surface area contributed by atoms with E-state index in [1.54, 1.807) is 6.07 Å². The maximum atomic E-state index is 12.0. The molecule has 1 aromatic rings. The van der Waals surface area contributed by atoms with E-state index in [2.05, 4.69) is 9.72 Å². The molecule has 16 heavy (non-hydrogen) atoms. The van der Waals surface area contributed by atoms with Crippen LogP contribution >= 0.6 is 0 Å². The van der Waals surface area contributed by atoms with Gasteiger partial charge in [-0.3, -0.25) is 4.79 Å². The van der Waals surface area contributed by atoms with Gasteiger partial charge in [-0.05, 0) is 6.92 Å². The first kappa shape index (κ1) is 12.1. The van der Waals surface area contributed by atoms with Crippen molar-refractivity contribution < 1.29 is 17.9 Å². The zero-order valence-electron chi connectivity index (χ0n) is 8.18. The van der Waals surface area contributed by atoms with E-state index >= 15 is 0 Å². The van der Waals surface area contributed by atoms with Gasteiger partial charge in [-0.15, -0.1) is 13.2 Å². The Bertz CT molecular complexity index is 485. The van der Waals surface area contributed by atoms with Crippen molar-refractivity contribution in [2.24, 2.45) is 0 Å². The number of rotatable bonds is 2. The average molecular weight is 232 g/mol. The quantitative estimate of drug-likeness (QED) is 0.842. The van der Waals surface area contributed by atoms with Crippen LogP contribution in [0.1, 0.15) is 11.3 Å². The second kappa shape index (κ2) is 4.26. The van der Waals surface area contributed by atoms with Gasteiger partial charge >= 0.3 is 6.36 Å². The Morgan fingerprint density at radius 1 is 1.56 bits per heavy atom. The fourth-order valence-corrected chi connectivity index (χ4v) is 1.08. The van der Waals surface area contributed by atoms with E-state index in [4.69, 9.17) is 5.26 Å². The fraction of sp³-hybridized carbons (Fsp3) is 0.333. The number of nitrogens with zero attached hydrogens (tertiary/aromatic N) is 1. The molecule has 86 valence electrons. The first-order chi connectivity index (χ1) is 7.35. The number of nitriles is 1. The molecule has 0 spiro atoms. The minimum absolute atomic E-state index is 0.0842. The van der Waals surface area contributed by atoms with Crippen molar-refractivity contribution in [2.45, 2.75) is 19.7 Å². The van der Waals surface area contributed by atoms with E-state index < -0.39 is 17.5 Å². The van der Waals surface area contributed by atoms with Gasteiger partial charge in [0.15, 0.2) is 5.75 Å². The number of aromatic amines is 1. The summed E-state index contributed by atoms with van der Waals surface area (Å²) >= 11 is 0. The minimum Gasteiger partial charge on any atom is -0.400 e. The molecule has 0 radical (unpaired) electrons. The number of ether oxygens (including phenoxy) is 1. The molecule has 0 bridgehead atoms. The predicted octanol–water partition coefficient (Wildman–Crippen LogP) is 1.65. The normalized spacial score (nSPS) is 10.9. The topological polar surface area (TPSA) is 65.9 Å². The first-order valence-corrected chi connectivity index (χ1v) is 4.19. The molecular formula is C9H7F3N2O2. The van der Waals surface area contributed by atoms with Gasteiger partial charge in [0.25, 0.3) is 0 Å². The van der Waals surface area contributed by atoms with Crippen molar-refractivity contribution in [1.82, 2.24) is 4.98 Å². The van der Waals surface area contributed by atoms with Gasteiger partial charge < -0.3 is 9.72 Å². The van der Waals surface area contributed by atoms with Gasteiger partial charge in [0, 0.05) is 11.8 Å². The smallest absolute Gasteiger partial charge is 0.400 e. The fourth-order valence-electron chi connectivity index (χ4n) is 1.08. The summed E-state index contributed by atoms with van der Waals surface area (Å²) < 4.78 is 39.6. The highest BCUT2D eigenvalue weighted by atomic mass is 19.4. The van der Waals surface area contributed by atoms with E-state index in [1.807, 2.05) is 0 Å². The maximum absolute atomic E-state index is 12.0. The Morgan fingerprint density at radius 2 is 2.19 bits per heavy atom. The largest absolute Gasteiger partial charge is 0.573 e. The lowest BCUT2D eigenvalue weighted by Gasteiger charge is -2.11. The van der Waals surface area contributed by atoms with E-state index in [1.165, 1.54) is 13.1 Å². The molecule has 4 nitrogen and oxygen atoms in total. The Balaban J connectivity index is 3.28. The molecule has 0 fully saturated rings. The van der Waals surface area contributed by atoms with Crippen molar-refractivity contribution >= 4 is 0 Å². The monoisotopic (exact) mass is 232 g/mol. The Hall–Kier alpha value is -1.97. The summed E-state index contributed by atoms with van der Waals surface area (Å²) in [6.07, 6.45) is -4.08. The van der Waals surface area contributed by atoms with Crippen molar-refractivity contribution in [3.8, 4) is 11.8 Å². The Labute approximate surface area is 88.3 Å². The van der Waals surface area contributed by atoms with Crippen LogP contribution in [0.25, 0.3) is 0 Å². The van der Waals surface area contributed by atoms with E-state index in [0.29, 0.717) is 0 Å². The molecule has 0 aliphatic rings. The van der Waals surface area contributed by atoms with Crippen LogP contribution in [0.15, 0.2) is 11.0 Å². The highest BCUT2D eigenvalue weighted by Crippen LogP contribution is 2.22. The third kappa shape index (κ3) is 2.76. The molecule has 0 saturated carbocycles. The number of nitrogens with one attached hydrogen (secondary N) is 1. The second-order valence-electron chi connectivity index (χ2n) is 2.99. The van der Waals surface area contributed by atoms with Gasteiger partial charge in [-0.1, -0.05) is 0 Å². The summed E-state index contributed by atoms with van der Waals surface area (Å²) in [6, 6.07) is 1.64. The zero-order chi connectivity index (χ0) is 12.3. The molecule has 0 aromatic carbocycles. The summed E-state index contributed by atoms with van der Waals surface area (Å²) in [5, 5.41) is 8.39. The number of alkyl halides is 3. The molecular weight excluding hydrogens is 225 g/mol. The lowest BCUT2D eigenvalue weighted by molar-refractivity contribution is -0.275. The zero-order valence-corrected chi connectivity index (χ0v) is 8.18. The van der Waals surface area contributed by atoms with E-state index in [0.717, 1.165) is 0 Å². The van der Waals surface area contributed by atoms with E-state index in [9.17, 15) is 18.0 Å². The van der Waals surface area contributed by atoms with Crippen LogP contribution in [-0.2, 0) is 6.42 Å². The van der Waals surface area contributed by atoms with Crippen LogP contribution in [0.4, 0.5) is 13.2 Å². The molecule has 7 heteroatoms. The molecule has 0 saturated heterocycles.